The molecule has 0 aromatic carbocycles. The second-order valence-corrected chi connectivity index (χ2v) is 18.6. The minimum Gasteiger partial charge on any atom is -0.388 e. The fraction of sp³-hybridized carbons (Fsp3) is 0.974. The van der Waals surface area contributed by atoms with Crippen LogP contribution in [0.1, 0.15) is 99.3 Å². The Labute approximate surface area is 301 Å². The molecule has 1 spiro atoms. The smallest absolute Gasteiger partial charge is 0.187 e. The Bertz CT molecular complexity index is 1310. The van der Waals surface area contributed by atoms with Crippen molar-refractivity contribution in [1.82, 2.24) is 0 Å². The summed E-state index contributed by atoms with van der Waals surface area (Å²) in [6.45, 7) is 13.4. The summed E-state index contributed by atoms with van der Waals surface area (Å²) in [7, 11) is 0. The van der Waals surface area contributed by atoms with Gasteiger partial charge in [-0.15, -0.1) is 0 Å². The number of ketones is 1. The Morgan fingerprint density at radius 2 is 1.43 bits per heavy atom. The van der Waals surface area contributed by atoms with Gasteiger partial charge in [-0.3, -0.25) is 4.79 Å². The predicted molar refractivity (Wildman–Crippen MR) is 181 cm³/mol. The van der Waals surface area contributed by atoms with Crippen molar-refractivity contribution in [1.29, 1.82) is 0 Å². The van der Waals surface area contributed by atoms with Crippen molar-refractivity contribution in [3.8, 4) is 0 Å². The van der Waals surface area contributed by atoms with E-state index >= 15 is 0 Å². The van der Waals surface area contributed by atoms with Gasteiger partial charge in [-0.1, -0.05) is 27.7 Å². The molecule has 0 aromatic rings. The van der Waals surface area contributed by atoms with E-state index in [4.69, 9.17) is 28.4 Å². The van der Waals surface area contributed by atoms with Gasteiger partial charge in [0.1, 0.15) is 42.4 Å². The van der Waals surface area contributed by atoms with Gasteiger partial charge in [0.05, 0.1) is 31.0 Å². The minimum absolute atomic E-state index is 0.0420. The Kier molecular flexibility index (Phi) is 9.60. The van der Waals surface area contributed by atoms with Crippen molar-refractivity contribution in [2.75, 3.05) is 6.61 Å². The molecule has 0 bridgehead atoms. The molecule has 4 saturated heterocycles. The second kappa shape index (κ2) is 13.2. The summed E-state index contributed by atoms with van der Waals surface area (Å²) in [5.74, 6) is 2.23. The molecular weight excluding hydrogens is 660 g/mol. The maximum absolute atomic E-state index is 13.1. The Morgan fingerprint density at radius 1 is 0.725 bits per heavy atom. The highest BCUT2D eigenvalue weighted by molar-refractivity contribution is 5.79. The van der Waals surface area contributed by atoms with Gasteiger partial charge in [0.25, 0.3) is 0 Å². The summed E-state index contributed by atoms with van der Waals surface area (Å²) < 4.78 is 38.1. The van der Waals surface area contributed by atoms with E-state index in [1.165, 1.54) is 0 Å². The first-order valence-corrected chi connectivity index (χ1v) is 19.9. The van der Waals surface area contributed by atoms with Crippen LogP contribution in [0.25, 0.3) is 0 Å². The summed E-state index contributed by atoms with van der Waals surface area (Å²) in [6.07, 6.45) is -5.02. The number of rotatable bonds is 4. The molecule has 12 heteroatoms. The van der Waals surface area contributed by atoms with Crippen LogP contribution in [-0.4, -0.2) is 117 Å². The summed E-state index contributed by atoms with van der Waals surface area (Å²) in [5, 5.41) is 53.9. The van der Waals surface area contributed by atoms with Crippen molar-refractivity contribution in [3.05, 3.63) is 0 Å². The van der Waals surface area contributed by atoms with Crippen LogP contribution in [0.4, 0.5) is 0 Å². The van der Waals surface area contributed by atoms with Crippen LogP contribution in [0.3, 0.4) is 0 Å². The molecular formula is C39H62O12. The highest BCUT2D eigenvalue weighted by Crippen LogP contribution is 2.71. The Morgan fingerprint density at radius 3 is 2.14 bits per heavy atom. The van der Waals surface area contributed by atoms with E-state index in [-0.39, 0.29) is 34.7 Å². The van der Waals surface area contributed by atoms with Gasteiger partial charge in [-0.05, 0) is 98.7 Å². The van der Waals surface area contributed by atoms with Crippen LogP contribution in [0.2, 0.25) is 0 Å². The molecule has 4 aliphatic carbocycles. The lowest BCUT2D eigenvalue weighted by Crippen LogP contribution is -2.64. The SMILES string of the molecule is C[C@H]1CC[C@@]2(OC1)O[C@H]1C[C@@H]3[C@@H]4C[C@H](O[C@H]5O[C@@H](C)[C@H](O)[C@@H](O[C@H]6O[C@H](C)[C@@H](O)[C@H](O)[C@@H]6O)[C@@H]5O)[C@H]5CC(=O)CC[C@]5(C)[C@H]4CC[C@]3(C)[C@H]1[C@@H]2C. The molecule has 0 unspecified atom stereocenters. The first-order valence-electron chi connectivity index (χ1n) is 19.9. The molecule has 0 aromatic heterocycles. The fourth-order valence-electron chi connectivity index (χ4n) is 12.9. The summed E-state index contributed by atoms with van der Waals surface area (Å²) in [6, 6.07) is 0. The highest BCUT2D eigenvalue weighted by atomic mass is 16.7. The number of carbonyl (C=O) groups excluding carboxylic acids is 1. The molecule has 290 valence electrons. The number of ether oxygens (including phenoxy) is 6. The Balaban J connectivity index is 1.04. The molecule has 5 N–H and O–H groups in total. The third-order valence-corrected chi connectivity index (χ3v) is 15.9. The standard InChI is InChI=1S/C39H62O12/c1-17-7-12-39(46-16-17)18(2)28-27(51-39)15-24-22-14-26(25-13-21(40)8-10-37(25,5)23(22)9-11-38(24,28)6)49-36-33(45)34(30(42)20(4)48-36)50-35-32(44)31(43)29(41)19(3)47-35/h17-20,22-36,41-45H,7-16H2,1-6H3/t17-,18-,19+,20-,22+,23-,24+,25+,26-,27-,28-,29+,30-,31-,32-,33-,34+,35+,36+,37+,38-,39+/m0/s1. The van der Waals surface area contributed by atoms with Crippen LogP contribution in [0.5, 0.6) is 0 Å². The number of hydrogen-bond donors (Lipinski definition) is 5. The van der Waals surface area contributed by atoms with Gasteiger partial charge in [0.2, 0.25) is 0 Å². The van der Waals surface area contributed by atoms with Gasteiger partial charge in [-0.25, -0.2) is 0 Å². The number of carbonyl (C=O) groups is 1. The zero-order chi connectivity index (χ0) is 36.4. The van der Waals surface area contributed by atoms with E-state index in [1.807, 2.05) is 0 Å². The third-order valence-electron chi connectivity index (χ3n) is 15.9. The molecule has 4 saturated carbocycles. The molecule has 4 aliphatic heterocycles. The number of aliphatic hydroxyl groups excluding tert-OH is 5. The fourth-order valence-corrected chi connectivity index (χ4v) is 12.9. The van der Waals surface area contributed by atoms with Crippen LogP contribution in [0, 0.1) is 52.3 Å². The molecule has 0 amide bonds. The van der Waals surface area contributed by atoms with Crippen LogP contribution in [0.15, 0.2) is 0 Å². The third kappa shape index (κ3) is 5.75. The summed E-state index contributed by atoms with van der Waals surface area (Å²) >= 11 is 0. The monoisotopic (exact) mass is 722 g/mol. The molecule has 51 heavy (non-hydrogen) atoms. The zero-order valence-electron chi connectivity index (χ0n) is 31.1. The van der Waals surface area contributed by atoms with Crippen LogP contribution in [-0.2, 0) is 33.2 Å². The Hall–Kier alpha value is -0.770. The normalized spacial score (nSPS) is 60.0. The van der Waals surface area contributed by atoms with Gasteiger partial charge in [0.15, 0.2) is 18.4 Å². The van der Waals surface area contributed by atoms with Crippen molar-refractivity contribution in [3.63, 3.8) is 0 Å². The topological polar surface area (TPSA) is 174 Å². The molecule has 4 heterocycles. The van der Waals surface area contributed by atoms with Gasteiger partial charge in [-0.2, -0.15) is 0 Å². The summed E-state index contributed by atoms with van der Waals surface area (Å²) in [4.78, 5) is 13.1. The van der Waals surface area contributed by atoms with Crippen molar-refractivity contribution in [2.45, 2.75) is 179 Å². The molecule has 8 fully saturated rings. The number of aliphatic hydroxyl groups is 5. The maximum Gasteiger partial charge on any atom is 0.187 e. The van der Waals surface area contributed by atoms with Gasteiger partial charge in [0, 0.05) is 25.2 Å². The number of hydrogen-bond acceptors (Lipinski definition) is 12. The molecule has 8 aliphatic rings. The molecule has 22 atom stereocenters. The van der Waals surface area contributed by atoms with E-state index in [1.54, 1.807) is 13.8 Å². The second-order valence-electron chi connectivity index (χ2n) is 18.6. The quantitative estimate of drug-likeness (QED) is 0.269. The minimum atomic E-state index is -1.60. The maximum atomic E-state index is 13.1. The largest absolute Gasteiger partial charge is 0.388 e. The van der Waals surface area contributed by atoms with Crippen molar-refractivity contribution in [2.24, 2.45) is 52.3 Å². The first-order chi connectivity index (χ1) is 24.1. The van der Waals surface area contributed by atoms with Crippen molar-refractivity contribution < 1.29 is 58.7 Å². The predicted octanol–water partition coefficient (Wildman–Crippen LogP) is 2.68. The zero-order valence-corrected chi connectivity index (χ0v) is 31.1. The first kappa shape index (κ1) is 37.2. The van der Waals surface area contributed by atoms with Crippen molar-refractivity contribution >= 4 is 5.78 Å². The average molecular weight is 723 g/mol. The highest BCUT2D eigenvalue weighted by Gasteiger charge is 2.70. The molecule has 8 rings (SSSR count). The lowest BCUT2D eigenvalue weighted by atomic mass is 9.43. The lowest BCUT2D eigenvalue weighted by molar-refractivity contribution is -0.362. The summed E-state index contributed by atoms with van der Waals surface area (Å²) in [5.41, 5.74) is -0.0292. The van der Waals surface area contributed by atoms with Gasteiger partial charge >= 0.3 is 0 Å². The molecule has 12 nitrogen and oxygen atoms in total. The van der Waals surface area contributed by atoms with Crippen LogP contribution < -0.4 is 0 Å². The number of fused-ring (bicyclic) bond motifs is 7. The van der Waals surface area contributed by atoms with E-state index in [0.29, 0.717) is 48.3 Å². The average Bonchev–Trinajstić information content (AvgIpc) is 3.54. The van der Waals surface area contributed by atoms with Gasteiger partial charge < -0.3 is 54.0 Å². The van der Waals surface area contributed by atoms with Crippen LogP contribution >= 0.6 is 0 Å². The lowest BCUT2D eigenvalue weighted by Gasteiger charge is -2.62. The van der Waals surface area contributed by atoms with E-state index < -0.39 is 67.2 Å². The van der Waals surface area contributed by atoms with E-state index in [0.717, 1.165) is 51.6 Å². The molecule has 0 radical (unpaired) electrons. The number of Topliss-reactive ketones (excluding diaryl/α,β-unsaturated/α-hetero) is 1. The van der Waals surface area contributed by atoms with E-state index in [9.17, 15) is 30.3 Å². The van der Waals surface area contributed by atoms with E-state index in [2.05, 4.69) is 27.7 Å².